The third-order valence-electron chi connectivity index (χ3n) is 2.78. The Kier molecular flexibility index (Phi) is 4.53. The molecule has 0 atom stereocenters. The minimum atomic E-state index is -0.331. The van der Waals surface area contributed by atoms with Crippen molar-refractivity contribution in [2.45, 2.75) is 18.9 Å². The third-order valence-corrected chi connectivity index (χ3v) is 3.43. The van der Waals surface area contributed by atoms with Gasteiger partial charge in [0.2, 0.25) is 0 Å². The predicted octanol–water partition coefficient (Wildman–Crippen LogP) is 4.75. The maximum atomic E-state index is 13.3. The van der Waals surface area contributed by atoms with E-state index in [0.717, 1.165) is 16.7 Å². The monoisotopic (exact) mass is 326 g/mol. The first-order valence-electron chi connectivity index (χ1n) is 5.82. The molecule has 0 amide bonds. The lowest BCUT2D eigenvalue weighted by molar-refractivity contribution is 0.303. The molecular formula is C15H13BrF2O. The molecule has 0 heterocycles. The molecule has 0 fully saturated rings. The maximum Gasteiger partial charge on any atom is 0.127 e. The molecule has 0 unspecified atom stereocenters. The van der Waals surface area contributed by atoms with E-state index in [1.165, 1.54) is 24.3 Å². The van der Waals surface area contributed by atoms with Gasteiger partial charge in [-0.3, -0.25) is 0 Å². The number of benzene rings is 2. The van der Waals surface area contributed by atoms with Crippen LogP contribution in [-0.4, -0.2) is 0 Å². The Balaban J connectivity index is 2.12. The second-order valence-electron chi connectivity index (χ2n) is 4.29. The Morgan fingerprint density at radius 3 is 2.53 bits per heavy atom. The number of aryl methyl sites for hydroxylation is 1. The van der Waals surface area contributed by atoms with Crippen LogP contribution in [0, 0.1) is 18.6 Å². The highest BCUT2D eigenvalue weighted by atomic mass is 79.9. The average molecular weight is 327 g/mol. The fourth-order valence-electron chi connectivity index (χ4n) is 1.76. The summed E-state index contributed by atoms with van der Waals surface area (Å²) in [5.74, 6) is -0.130. The van der Waals surface area contributed by atoms with E-state index in [1.807, 2.05) is 6.92 Å². The average Bonchev–Trinajstić information content (AvgIpc) is 2.37. The summed E-state index contributed by atoms with van der Waals surface area (Å²) >= 11 is 3.28. The summed E-state index contributed by atoms with van der Waals surface area (Å²) < 4.78 is 31.8. The highest BCUT2D eigenvalue weighted by Crippen LogP contribution is 2.20. The number of hydrogen-bond acceptors (Lipinski definition) is 1. The Bertz CT molecular complexity index is 584. The SMILES string of the molecule is Cc1cc(F)ccc1COc1cc(F)cc(CBr)c1. The molecule has 0 radical (unpaired) electrons. The quantitative estimate of drug-likeness (QED) is 0.737. The molecule has 1 nitrogen and oxygen atoms in total. The van der Waals surface area contributed by atoms with Gasteiger partial charge in [0.1, 0.15) is 24.0 Å². The number of halogens is 3. The summed E-state index contributed by atoms with van der Waals surface area (Å²) in [7, 11) is 0. The highest BCUT2D eigenvalue weighted by Gasteiger charge is 2.04. The van der Waals surface area contributed by atoms with E-state index >= 15 is 0 Å². The van der Waals surface area contributed by atoms with E-state index in [1.54, 1.807) is 12.1 Å². The van der Waals surface area contributed by atoms with Crippen LogP contribution in [0.4, 0.5) is 8.78 Å². The maximum absolute atomic E-state index is 13.3. The van der Waals surface area contributed by atoms with Crippen LogP contribution in [0.25, 0.3) is 0 Å². The van der Waals surface area contributed by atoms with E-state index in [4.69, 9.17) is 4.74 Å². The zero-order chi connectivity index (χ0) is 13.8. The Labute approximate surface area is 119 Å². The van der Waals surface area contributed by atoms with Crippen LogP contribution in [0.15, 0.2) is 36.4 Å². The Morgan fingerprint density at radius 2 is 1.84 bits per heavy atom. The molecule has 19 heavy (non-hydrogen) atoms. The van der Waals surface area contributed by atoms with Crippen molar-refractivity contribution in [2.75, 3.05) is 0 Å². The molecule has 0 aliphatic rings. The summed E-state index contributed by atoms with van der Waals surface area (Å²) in [6, 6.07) is 9.08. The summed E-state index contributed by atoms with van der Waals surface area (Å²) in [6.45, 7) is 2.11. The van der Waals surface area contributed by atoms with Crippen LogP contribution in [-0.2, 0) is 11.9 Å². The number of rotatable bonds is 4. The highest BCUT2D eigenvalue weighted by molar-refractivity contribution is 9.08. The lowest BCUT2D eigenvalue weighted by Gasteiger charge is -2.10. The fourth-order valence-corrected chi connectivity index (χ4v) is 2.09. The van der Waals surface area contributed by atoms with Crippen LogP contribution < -0.4 is 4.74 Å². The van der Waals surface area contributed by atoms with Gasteiger partial charge in [0.05, 0.1) is 0 Å². The molecule has 2 rings (SSSR count). The molecule has 4 heteroatoms. The normalized spacial score (nSPS) is 10.5. The Hall–Kier alpha value is -1.42. The smallest absolute Gasteiger partial charge is 0.127 e. The molecule has 100 valence electrons. The summed E-state index contributed by atoms with van der Waals surface area (Å²) in [4.78, 5) is 0. The second-order valence-corrected chi connectivity index (χ2v) is 4.85. The van der Waals surface area contributed by atoms with Crippen molar-refractivity contribution in [3.63, 3.8) is 0 Å². The minimum Gasteiger partial charge on any atom is -0.489 e. The molecule has 0 aliphatic carbocycles. The van der Waals surface area contributed by atoms with Gasteiger partial charge in [0.15, 0.2) is 0 Å². The topological polar surface area (TPSA) is 9.23 Å². The van der Waals surface area contributed by atoms with Crippen molar-refractivity contribution in [3.05, 3.63) is 64.7 Å². The number of ether oxygens (including phenoxy) is 1. The molecule has 0 spiro atoms. The molecule has 0 bridgehead atoms. The van der Waals surface area contributed by atoms with Crippen molar-refractivity contribution in [2.24, 2.45) is 0 Å². The van der Waals surface area contributed by atoms with Crippen molar-refractivity contribution >= 4 is 15.9 Å². The molecule has 0 aliphatic heterocycles. The van der Waals surface area contributed by atoms with Crippen molar-refractivity contribution in [3.8, 4) is 5.75 Å². The molecule has 0 N–H and O–H groups in total. The molecular weight excluding hydrogens is 314 g/mol. The predicted molar refractivity (Wildman–Crippen MR) is 74.5 cm³/mol. The second kappa shape index (κ2) is 6.15. The van der Waals surface area contributed by atoms with Gasteiger partial charge >= 0.3 is 0 Å². The van der Waals surface area contributed by atoms with E-state index in [-0.39, 0.29) is 18.2 Å². The van der Waals surface area contributed by atoms with E-state index in [0.29, 0.717) is 11.1 Å². The zero-order valence-corrected chi connectivity index (χ0v) is 12.0. The third kappa shape index (κ3) is 3.77. The summed E-state index contributed by atoms with van der Waals surface area (Å²) in [6.07, 6.45) is 0. The first-order valence-corrected chi connectivity index (χ1v) is 6.94. The molecule has 2 aromatic carbocycles. The fraction of sp³-hybridized carbons (Fsp3) is 0.200. The van der Waals surface area contributed by atoms with Gasteiger partial charge in [-0.15, -0.1) is 0 Å². The van der Waals surface area contributed by atoms with Crippen LogP contribution in [0.3, 0.4) is 0 Å². The zero-order valence-electron chi connectivity index (χ0n) is 10.4. The van der Waals surface area contributed by atoms with Gasteiger partial charge in [0, 0.05) is 11.4 Å². The van der Waals surface area contributed by atoms with Crippen LogP contribution in [0.1, 0.15) is 16.7 Å². The minimum absolute atomic E-state index is 0.270. The van der Waals surface area contributed by atoms with Crippen molar-refractivity contribution in [1.82, 2.24) is 0 Å². The first-order chi connectivity index (χ1) is 9.08. The molecule has 0 saturated heterocycles. The van der Waals surface area contributed by atoms with E-state index in [9.17, 15) is 8.78 Å². The van der Waals surface area contributed by atoms with Gasteiger partial charge in [-0.25, -0.2) is 8.78 Å². The Morgan fingerprint density at radius 1 is 1.05 bits per heavy atom. The lowest BCUT2D eigenvalue weighted by Crippen LogP contribution is -1.99. The van der Waals surface area contributed by atoms with Gasteiger partial charge in [0.25, 0.3) is 0 Å². The van der Waals surface area contributed by atoms with Crippen LogP contribution >= 0.6 is 15.9 Å². The molecule has 0 aromatic heterocycles. The lowest BCUT2D eigenvalue weighted by atomic mass is 10.1. The van der Waals surface area contributed by atoms with Crippen molar-refractivity contribution in [1.29, 1.82) is 0 Å². The van der Waals surface area contributed by atoms with Crippen molar-refractivity contribution < 1.29 is 13.5 Å². The summed E-state index contributed by atoms with van der Waals surface area (Å²) in [5.41, 5.74) is 2.51. The first kappa shape index (κ1) is 14.0. The number of hydrogen-bond donors (Lipinski definition) is 0. The van der Waals surface area contributed by atoms with Gasteiger partial charge in [-0.2, -0.15) is 0 Å². The molecule has 0 saturated carbocycles. The van der Waals surface area contributed by atoms with Gasteiger partial charge in [-0.05, 0) is 47.9 Å². The molecule has 2 aromatic rings. The van der Waals surface area contributed by atoms with Crippen LogP contribution in [0.2, 0.25) is 0 Å². The van der Waals surface area contributed by atoms with E-state index < -0.39 is 0 Å². The van der Waals surface area contributed by atoms with Gasteiger partial charge < -0.3 is 4.74 Å². The largest absolute Gasteiger partial charge is 0.489 e. The number of alkyl halides is 1. The standard InChI is InChI=1S/C15H13BrF2O/c1-10-4-13(17)3-2-12(10)9-19-15-6-11(8-16)5-14(18)7-15/h2-7H,8-9H2,1H3. The van der Waals surface area contributed by atoms with Crippen LogP contribution in [0.5, 0.6) is 5.75 Å². The van der Waals surface area contributed by atoms with Gasteiger partial charge in [-0.1, -0.05) is 22.0 Å². The summed E-state index contributed by atoms with van der Waals surface area (Å²) in [5, 5.41) is 0.566. The van der Waals surface area contributed by atoms with E-state index in [2.05, 4.69) is 15.9 Å².